The van der Waals surface area contributed by atoms with E-state index in [1.165, 1.54) is 0 Å². The van der Waals surface area contributed by atoms with Gasteiger partial charge in [0.1, 0.15) is 0 Å². The Morgan fingerprint density at radius 2 is 2.07 bits per heavy atom. The summed E-state index contributed by atoms with van der Waals surface area (Å²) in [6, 6.07) is 0. The third kappa shape index (κ3) is 8.39. The van der Waals surface area contributed by atoms with E-state index in [0.29, 0.717) is 25.4 Å². The molecule has 0 fully saturated rings. The van der Waals surface area contributed by atoms with E-state index in [0.717, 1.165) is 6.42 Å². The normalized spacial score (nSPS) is 15.1. The lowest BCUT2D eigenvalue weighted by atomic mass is 9.94. The van der Waals surface area contributed by atoms with Crippen LogP contribution in [0.1, 0.15) is 33.6 Å². The molecule has 1 atom stereocenters. The van der Waals surface area contributed by atoms with E-state index < -0.39 is 5.60 Å². The molecule has 15 heavy (non-hydrogen) atoms. The smallest absolute Gasteiger partial charge is 0.221 e. The van der Waals surface area contributed by atoms with Gasteiger partial charge in [-0.25, -0.2) is 0 Å². The quantitative estimate of drug-likeness (QED) is 0.543. The zero-order valence-electron chi connectivity index (χ0n) is 10.3. The van der Waals surface area contributed by atoms with Gasteiger partial charge in [0.05, 0.1) is 5.60 Å². The van der Waals surface area contributed by atoms with Gasteiger partial charge < -0.3 is 15.7 Å². The number of hydrogen-bond donors (Lipinski definition) is 3. The Bertz CT molecular complexity index is 191. The Morgan fingerprint density at radius 1 is 1.47 bits per heavy atom. The second kappa shape index (κ2) is 6.80. The van der Waals surface area contributed by atoms with E-state index in [-0.39, 0.29) is 5.91 Å². The van der Waals surface area contributed by atoms with Crippen LogP contribution in [0.25, 0.3) is 0 Å². The van der Waals surface area contributed by atoms with Crippen LogP contribution in [0.3, 0.4) is 0 Å². The third-order valence-electron chi connectivity index (χ3n) is 2.16. The molecule has 0 rings (SSSR count). The molecular formula is C11H24N2O2. The number of amides is 1. The first-order valence-corrected chi connectivity index (χ1v) is 5.51. The van der Waals surface area contributed by atoms with Crippen molar-refractivity contribution in [1.29, 1.82) is 0 Å². The van der Waals surface area contributed by atoms with Crippen molar-refractivity contribution in [3.63, 3.8) is 0 Å². The van der Waals surface area contributed by atoms with E-state index in [4.69, 9.17) is 0 Å². The van der Waals surface area contributed by atoms with Gasteiger partial charge in [-0.15, -0.1) is 0 Å². The second-order valence-corrected chi connectivity index (χ2v) is 4.69. The largest absolute Gasteiger partial charge is 0.389 e. The van der Waals surface area contributed by atoms with Crippen LogP contribution >= 0.6 is 0 Å². The number of aliphatic hydroxyl groups is 1. The lowest BCUT2D eigenvalue weighted by molar-refractivity contribution is -0.120. The number of rotatable bonds is 7. The molecule has 0 aliphatic rings. The van der Waals surface area contributed by atoms with Crippen molar-refractivity contribution in [2.45, 2.75) is 39.2 Å². The molecule has 0 heterocycles. The van der Waals surface area contributed by atoms with Crippen molar-refractivity contribution in [3.8, 4) is 0 Å². The van der Waals surface area contributed by atoms with Crippen molar-refractivity contribution >= 4 is 5.91 Å². The Labute approximate surface area is 92.4 Å². The van der Waals surface area contributed by atoms with Crippen LogP contribution < -0.4 is 10.6 Å². The van der Waals surface area contributed by atoms with Crippen LogP contribution in [-0.2, 0) is 4.79 Å². The predicted molar refractivity (Wildman–Crippen MR) is 61.6 cm³/mol. The number of carbonyl (C=O) groups is 1. The second-order valence-electron chi connectivity index (χ2n) is 4.69. The van der Waals surface area contributed by atoms with E-state index in [9.17, 15) is 9.90 Å². The Balaban J connectivity index is 3.61. The maximum atomic E-state index is 10.9. The molecule has 4 heteroatoms. The van der Waals surface area contributed by atoms with Crippen molar-refractivity contribution in [1.82, 2.24) is 10.6 Å². The summed E-state index contributed by atoms with van der Waals surface area (Å²) < 4.78 is 0. The van der Waals surface area contributed by atoms with E-state index >= 15 is 0 Å². The first kappa shape index (κ1) is 14.4. The molecule has 0 aliphatic heterocycles. The lowest BCUT2D eigenvalue weighted by Crippen LogP contribution is -2.40. The fraction of sp³-hybridized carbons (Fsp3) is 0.909. The van der Waals surface area contributed by atoms with Gasteiger partial charge in [-0.05, 0) is 19.3 Å². The first-order chi connectivity index (χ1) is 6.87. The Morgan fingerprint density at radius 3 is 2.53 bits per heavy atom. The fourth-order valence-electron chi connectivity index (χ4n) is 1.64. The molecule has 0 aliphatic carbocycles. The van der Waals surface area contributed by atoms with Crippen LogP contribution in [0.2, 0.25) is 0 Å². The van der Waals surface area contributed by atoms with E-state index in [1.807, 2.05) is 6.92 Å². The zero-order valence-corrected chi connectivity index (χ0v) is 10.3. The number of nitrogens with one attached hydrogen (secondary N) is 2. The highest BCUT2D eigenvalue weighted by molar-refractivity contribution is 5.75. The highest BCUT2D eigenvalue weighted by Gasteiger charge is 2.20. The number of carbonyl (C=O) groups excluding carboxylic acids is 1. The minimum absolute atomic E-state index is 0.0194. The van der Waals surface area contributed by atoms with Gasteiger partial charge in [0.25, 0.3) is 0 Å². The van der Waals surface area contributed by atoms with Crippen LogP contribution in [0.4, 0.5) is 0 Å². The predicted octanol–water partition coefficient (Wildman–Crippen LogP) is 0.509. The standard InChI is InChI=1S/C11H24N2O2/c1-9(2)7-11(3,15)8-13-6-5-10(14)12-4/h9,13,15H,5-8H2,1-4H3,(H,12,14). The minimum atomic E-state index is -0.684. The molecule has 0 bridgehead atoms. The molecule has 0 radical (unpaired) electrons. The van der Waals surface area contributed by atoms with Crippen molar-refractivity contribution in [2.75, 3.05) is 20.1 Å². The average Bonchev–Trinajstić information content (AvgIpc) is 2.10. The lowest BCUT2D eigenvalue weighted by Gasteiger charge is -2.25. The van der Waals surface area contributed by atoms with Gasteiger partial charge in [0.2, 0.25) is 5.91 Å². The Kier molecular flexibility index (Phi) is 6.52. The maximum absolute atomic E-state index is 10.9. The highest BCUT2D eigenvalue weighted by atomic mass is 16.3. The molecule has 3 N–H and O–H groups in total. The fourth-order valence-corrected chi connectivity index (χ4v) is 1.64. The minimum Gasteiger partial charge on any atom is -0.389 e. The molecule has 0 saturated carbocycles. The van der Waals surface area contributed by atoms with Gasteiger partial charge in [-0.2, -0.15) is 0 Å². The zero-order chi connectivity index (χ0) is 11.9. The van der Waals surface area contributed by atoms with Gasteiger partial charge in [0, 0.05) is 26.6 Å². The summed E-state index contributed by atoms with van der Waals surface area (Å²) in [6.45, 7) is 7.12. The van der Waals surface area contributed by atoms with Crippen LogP contribution in [0.15, 0.2) is 0 Å². The van der Waals surface area contributed by atoms with Crippen molar-refractivity contribution in [3.05, 3.63) is 0 Å². The highest BCUT2D eigenvalue weighted by Crippen LogP contribution is 2.14. The van der Waals surface area contributed by atoms with Crippen LogP contribution in [0, 0.1) is 5.92 Å². The van der Waals surface area contributed by atoms with Gasteiger partial charge in [-0.3, -0.25) is 4.79 Å². The summed E-state index contributed by atoms with van der Waals surface area (Å²) in [5.41, 5.74) is -0.684. The maximum Gasteiger partial charge on any atom is 0.221 e. The summed E-state index contributed by atoms with van der Waals surface area (Å²) in [5.74, 6) is 0.492. The van der Waals surface area contributed by atoms with Crippen LogP contribution in [-0.4, -0.2) is 36.8 Å². The molecule has 0 saturated heterocycles. The molecule has 0 aromatic rings. The topological polar surface area (TPSA) is 61.4 Å². The van der Waals surface area contributed by atoms with Crippen molar-refractivity contribution < 1.29 is 9.90 Å². The summed E-state index contributed by atoms with van der Waals surface area (Å²) >= 11 is 0. The first-order valence-electron chi connectivity index (χ1n) is 5.51. The summed E-state index contributed by atoms with van der Waals surface area (Å²) in [5, 5.41) is 15.6. The van der Waals surface area contributed by atoms with Crippen molar-refractivity contribution in [2.24, 2.45) is 5.92 Å². The van der Waals surface area contributed by atoms with E-state index in [1.54, 1.807) is 7.05 Å². The molecule has 90 valence electrons. The van der Waals surface area contributed by atoms with Crippen LogP contribution in [0.5, 0.6) is 0 Å². The summed E-state index contributed by atoms with van der Waals surface area (Å²) in [6.07, 6.45) is 1.22. The molecule has 0 aromatic carbocycles. The molecular weight excluding hydrogens is 192 g/mol. The SMILES string of the molecule is CNC(=O)CCNCC(C)(O)CC(C)C. The monoisotopic (exact) mass is 216 g/mol. The molecule has 4 nitrogen and oxygen atoms in total. The summed E-state index contributed by atoms with van der Waals surface area (Å²) in [7, 11) is 1.62. The van der Waals surface area contributed by atoms with Gasteiger partial charge in [0.15, 0.2) is 0 Å². The number of hydrogen-bond acceptors (Lipinski definition) is 3. The molecule has 0 spiro atoms. The third-order valence-corrected chi connectivity index (χ3v) is 2.16. The summed E-state index contributed by atoms with van der Waals surface area (Å²) in [4.78, 5) is 10.9. The molecule has 1 amide bonds. The van der Waals surface area contributed by atoms with Gasteiger partial charge >= 0.3 is 0 Å². The van der Waals surface area contributed by atoms with Gasteiger partial charge in [-0.1, -0.05) is 13.8 Å². The van der Waals surface area contributed by atoms with E-state index in [2.05, 4.69) is 24.5 Å². The Hall–Kier alpha value is -0.610. The molecule has 1 unspecified atom stereocenters. The average molecular weight is 216 g/mol. The molecule has 0 aromatic heterocycles.